The van der Waals surface area contributed by atoms with E-state index in [0.717, 1.165) is 19.6 Å². The normalized spacial score (nSPS) is 27.0. The number of hydrogen-bond acceptors (Lipinski definition) is 2. The standard InChI is InChI=1S/C14H29NO/c1-5-15-12-7-6-8-13(11-12)16-10-9-14(2,3)4/h12-13,15H,5-11H2,1-4H3. The van der Waals surface area contributed by atoms with Gasteiger partial charge < -0.3 is 10.1 Å². The van der Waals surface area contributed by atoms with E-state index in [4.69, 9.17) is 4.74 Å². The molecular weight excluding hydrogens is 198 g/mol. The molecule has 2 unspecified atom stereocenters. The van der Waals surface area contributed by atoms with E-state index in [1.165, 1.54) is 25.7 Å². The Bertz CT molecular complexity index is 184. The minimum Gasteiger partial charge on any atom is -0.378 e. The molecule has 2 nitrogen and oxygen atoms in total. The van der Waals surface area contributed by atoms with Crippen LogP contribution < -0.4 is 5.32 Å². The van der Waals surface area contributed by atoms with Gasteiger partial charge in [-0.25, -0.2) is 0 Å². The van der Waals surface area contributed by atoms with E-state index in [-0.39, 0.29) is 0 Å². The lowest BCUT2D eigenvalue weighted by atomic mass is 9.91. The molecule has 1 N–H and O–H groups in total. The van der Waals surface area contributed by atoms with Crippen LogP contribution >= 0.6 is 0 Å². The SMILES string of the molecule is CCNC1CCCC(OCCC(C)(C)C)C1. The van der Waals surface area contributed by atoms with Crippen LogP contribution in [0.2, 0.25) is 0 Å². The summed E-state index contributed by atoms with van der Waals surface area (Å²) >= 11 is 0. The predicted octanol–water partition coefficient (Wildman–Crippen LogP) is 3.36. The Kier molecular flexibility index (Phi) is 5.77. The average Bonchev–Trinajstić information content (AvgIpc) is 2.17. The van der Waals surface area contributed by atoms with Crippen molar-refractivity contribution >= 4 is 0 Å². The van der Waals surface area contributed by atoms with E-state index >= 15 is 0 Å². The van der Waals surface area contributed by atoms with Crippen LogP contribution in [0.25, 0.3) is 0 Å². The van der Waals surface area contributed by atoms with Gasteiger partial charge in [0, 0.05) is 12.6 Å². The van der Waals surface area contributed by atoms with Gasteiger partial charge in [-0.1, -0.05) is 27.7 Å². The molecule has 0 bridgehead atoms. The van der Waals surface area contributed by atoms with Gasteiger partial charge >= 0.3 is 0 Å². The second-order valence-electron chi connectivity index (χ2n) is 6.22. The Morgan fingerprint density at radius 2 is 2.00 bits per heavy atom. The highest BCUT2D eigenvalue weighted by Gasteiger charge is 2.22. The largest absolute Gasteiger partial charge is 0.378 e. The molecule has 1 saturated carbocycles. The van der Waals surface area contributed by atoms with Crippen LogP contribution in [0.4, 0.5) is 0 Å². The topological polar surface area (TPSA) is 21.3 Å². The Morgan fingerprint density at radius 3 is 2.62 bits per heavy atom. The van der Waals surface area contributed by atoms with E-state index < -0.39 is 0 Å². The zero-order chi connectivity index (χ0) is 12.0. The third-order valence-electron chi connectivity index (χ3n) is 3.32. The third-order valence-corrected chi connectivity index (χ3v) is 3.32. The van der Waals surface area contributed by atoms with Crippen LogP contribution in [0.15, 0.2) is 0 Å². The lowest BCUT2D eigenvalue weighted by Gasteiger charge is -2.30. The van der Waals surface area contributed by atoms with E-state index in [1.807, 2.05) is 0 Å². The monoisotopic (exact) mass is 227 g/mol. The zero-order valence-electron chi connectivity index (χ0n) is 11.5. The highest BCUT2D eigenvalue weighted by molar-refractivity contribution is 4.78. The lowest BCUT2D eigenvalue weighted by Crippen LogP contribution is -2.37. The summed E-state index contributed by atoms with van der Waals surface area (Å²) in [5, 5.41) is 3.54. The lowest BCUT2D eigenvalue weighted by molar-refractivity contribution is 0.00830. The maximum Gasteiger partial charge on any atom is 0.0590 e. The number of hydrogen-bond donors (Lipinski definition) is 1. The first-order valence-corrected chi connectivity index (χ1v) is 6.86. The van der Waals surface area contributed by atoms with Crippen molar-refractivity contribution in [2.24, 2.45) is 5.41 Å². The molecule has 0 saturated heterocycles. The molecule has 0 aliphatic heterocycles. The summed E-state index contributed by atoms with van der Waals surface area (Å²) < 4.78 is 6.00. The molecule has 16 heavy (non-hydrogen) atoms. The van der Waals surface area contributed by atoms with E-state index in [1.54, 1.807) is 0 Å². The summed E-state index contributed by atoms with van der Waals surface area (Å²) in [7, 11) is 0. The van der Waals surface area contributed by atoms with E-state index in [2.05, 4.69) is 33.0 Å². The van der Waals surface area contributed by atoms with Gasteiger partial charge in [-0.3, -0.25) is 0 Å². The average molecular weight is 227 g/mol. The van der Waals surface area contributed by atoms with Crippen LogP contribution in [0.1, 0.15) is 59.8 Å². The minimum absolute atomic E-state index is 0.399. The van der Waals surface area contributed by atoms with Gasteiger partial charge in [0.05, 0.1) is 6.10 Å². The molecule has 0 aromatic heterocycles. The number of rotatable bonds is 5. The molecule has 1 fully saturated rings. The third kappa shape index (κ3) is 5.86. The fourth-order valence-electron chi connectivity index (χ4n) is 2.30. The van der Waals surface area contributed by atoms with Crippen molar-refractivity contribution in [3.8, 4) is 0 Å². The van der Waals surface area contributed by atoms with Gasteiger partial charge in [0.1, 0.15) is 0 Å². The van der Waals surface area contributed by atoms with Crippen LogP contribution in [-0.4, -0.2) is 25.3 Å². The van der Waals surface area contributed by atoms with Crippen molar-refractivity contribution in [2.45, 2.75) is 71.9 Å². The van der Waals surface area contributed by atoms with Gasteiger partial charge in [0.15, 0.2) is 0 Å². The highest BCUT2D eigenvalue weighted by atomic mass is 16.5. The maximum atomic E-state index is 6.00. The molecule has 0 heterocycles. The summed E-state index contributed by atoms with van der Waals surface area (Å²) in [4.78, 5) is 0. The molecule has 1 rings (SSSR count). The molecule has 1 aliphatic carbocycles. The molecule has 96 valence electrons. The van der Waals surface area contributed by atoms with Gasteiger partial charge in [-0.05, 0) is 44.1 Å². The van der Waals surface area contributed by atoms with Crippen LogP contribution in [-0.2, 0) is 4.74 Å². The molecule has 0 radical (unpaired) electrons. The summed E-state index contributed by atoms with van der Waals surface area (Å²) in [6.07, 6.45) is 6.77. The summed E-state index contributed by atoms with van der Waals surface area (Å²) in [5.74, 6) is 0. The Balaban J connectivity index is 2.16. The first-order valence-electron chi connectivity index (χ1n) is 6.86. The molecule has 0 aromatic carbocycles. The van der Waals surface area contributed by atoms with Gasteiger partial charge in [0.25, 0.3) is 0 Å². The maximum absolute atomic E-state index is 6.00. The second kappa shape index (κ2) is 6.61. The molecule has 2 heteroatoms. The molecule has 2 atom stereocenters. The van der Waals surface area contributed by atoms with Crippen molar-refractivity contribution in [3.63, 3.8) is 0 Å². The minimum atomic E-state index is 0.399. The summed E-state index contributed by atoms with van der Waals surface area (Å²) in [5.41, 5.74) is 0.399. The van der Waals surface area contributed by atoms with E-state index in [9.17, 15) is 0 Å². The van der Waals surface area contributed by atoms with Gasteiger partial charge in [-0.2, -0.15) is 0 Å². The van der Waals surface area contributed by atoms with Crippen molar-refractivity contribution in [2.75, 3.05) is 13.2 Å². The van der Waals surface area contributed by atoms with Gasteiger partial charge in [-0.15, -0.1) is 0 Å². The number of ether oxygens (including phenoxy) is 1. The highest BCUT2D eigenvalue weighted by Crippen LogP contribution is 2.23. The zero-order valence-corrected chi connectivity index (χ0v) is 11.5. The number of nitrogens with one attached hydrogen (secondary N) is 1. The Morgan fingerprint density at radius 1 is 1.25 bits per heavy atom. The second-order valence-corrected chi connectivity index (χ2v) is 6.22. The van der Waals surface area contributed by atoms with E-state index in [0.29, 0.717) is 17.6 Å². The van der Waals surface area contributed by atoms with Crippen LogP contribution in [0.3, 0.4) is 0 Å². The van der Waals surface area contributed by atoms with Gasteiger partial charge in [0.2, 0.25) is 0 Å². The van der Waals surface area contributed by atoms with Crippen LogP contribution in [0, 0.1) is 5.41 Å². The first kappa shape index (κ1) is 14.0. The molecule has 0 amide bonds. The fraction of sp³-hybridized carbons (Fsp3) is 1.00. The van der Waals surface area contributed by atoms with Crippen LogP contribution in [0.5, 0.6) is 0 Å². The Labute approximate surface area is 101 Å². The summed E-state index contributed by atoms with van der Waals surface area (Å²) in [6, 6.07) is 0.693. The first-order chi connectivity index (χ1) is 7.51. The summed E-state index contributed by atoms with van der Waals surface area (Å²) in [6.45, 7) is 11.0. The predicted molar refractivity (Wildman–Crippen MR) is 69.7 cm³/mol. The Hall–Kier alpha value is -0.0800. The smallest absolute Gasteiger partial charge is 0.0590 e. The van der Waals surface area contributed by atoms with Crippen molar-refractivity contribution in [3.05, 3.63) is 0 Å². The van der Waals surface area contributed by atoms with Crippen molar-refractivity contribution < 1.29 is 4.74 Å². The molecule has 0 spiro atoms. The van der Waals surface area contributed by atoms with Crippen molar-refractivity contribution in [1.29, 1.82) is 0 Å². The molecule has 0 aromatic rings. The quantitative estimate of drug-likeness (QED) is 0.777. The molecular formula is C14H29NO. The van der Waals surface area contributed by atoms with Crippen molar-refractivity contribution in [1.82, 2.24) is 5.32 Å². The fourth-order valence-corrected chi connectivity index (χ4v) is 2.30. The molecule has 1 aliphatic rings.